The molecule has 4 heteroatoms. The van der Waals surface area contributed by atoms with Gasteiger partial charge in [0.25, 0.3) is 0 Å². The highest BCUT2D eigenvalue weighted by Crippen LogP contribution is 2.28. The Bertz CT molecular complexity index is 429. The van der Waals surface area contributed by atoms with Gasteiger partial charge in [-0.15, -0.1) is 0 Å². The molecule has 21 heavy (non-hydrogen) atoms. The van der Waals surface area contributed by atoms with Crippen LogP contribution < -0.4 is 10.1 Å². The van der Waals surface area contributed by atoms with E-state index in [1.165, 1.54) is 0 Å². The van der Waals surface area contributed by atoms with E-state index in [0.29, 0.717) is 13.2 Å². The maximum atomic E-state index is 6.11. The van der Waals surface area contributed by atoms with Crippen molar-refractivity contribution >= 4 is 11.6 Å². The van der Waals surface area contributed by atoms with E-state index in [-0.39, 0.29) is 11.6 Å². The van der Waals surface area contributed by atoms with Crippen molar-refractivity contribution in [2.24, 2.45) is 0 Å². The molecule has 1 atom stereocenters. The molecule has 1 aromatic rings. The van der Waals surface area contributed by atoms with Crippen molar-refractivity contribution in [2.45, 2.75) is 52.7 Å². The lowest BCUT2D eigenvalue weighted by molar-refractivity contribution is -0.0164. The number of benzene rings is 1. The first-order valence-corrected chi connectivity index (χ1v) is 8.01. The largest absolute Gasteiger partial charge is 0.491 e. The summed E-state index contributed by atoms with van der Waals surface area (Å²) in [7, 11) is 0. The second-order valence-corrected chi connectivity index (χ2v) is 6.60. The fourth-order valence-corrected chi connectivity index (χ4v) is 2.14. The van der Waals surface area contributed by atoms with Crippen LogP contribution in [0.1, 0.15) is 52.6 Å². The minimum absolute atomic E-state index is 0.137. The average Bonchev–Trinajstić information content (AvgIpc) is 2.41. The van der Waals surface area contributed by atoms with Crippen LogP contribution in [0.5, 0.6) is 5.75 Å². The summed E-state index contributed by atoms with van der Waals surface area (Å²) in [6.45, 7) is 12.5. The molecule has 0 radical (unpaired) electrons. The van der Waals surface area contributed by atoms with Crippen LogP contribution in [0.15, 0.2) is 18.2 Å². The Hall–Kier alpha value is -0.770. The van der Waals surface area contributed by atoms with Crippen LogP contribution in [0.2, 0.25) is 5.02 Å². The molecule has 0 aliphatic rings. The van der Waals surface area contributed by atoms with Crippen molar-refractivity contribution in [3.8, 4) is 5.75 Å². The summed E-state index contributed by atoms with van der Waals surface area (Å²) in [5, 5.41) is 4.19. The molecule has 0 spiro atoms. The molecule has 0 fully saturated rings. The van der Waals surface area contributed by atoms with E-state index >= 15 is 0 Å². The van der Waals surface area contributed by atoms with E-state index in [9.17, 15) is 0 Å². The van der Waals surface area contributed by atoms with Gasteiger partial charge in [0, 0.05) is 16.6 Å². The molecule has 0 aromatic heterocycles. The lowest BCUT2D eigenvalue weighted by Gasteiger charge is -2.21. The lowest BCUT2D eigenvalue weighted by Crippen LogP contribution is -2.23. The summed E-state index contributed by atoms with van der Waals surface area (Å²) in [4.78, 5) is 0. The van der Waals surface area contributed by atoms with Gasteiger partial charge in [0.1, 0.15) is 12.4 Å². The van der Waals surface area contributed by atoms with Crippen molar-refractivity contribution in [2.75, 3.05) is 19.8 Å². The number of hydrogen-bond donors (Lipinski definition) is 1. The quantitative estimate of drug-likeness (QED) is 0.712. The maximum Gasteiger partial charge on any atom is 0.124 e. The van der Waals surface area contributed by atoms with Crippen LogP contribution in [0.25, 0.3) is 0 Å². The second-order valence-electron chi connectivity index (χ2n) is 6.17. The Morgan fingerprint density at radius 3 is 2.57 bits per heavy atom. The number of ether oxygens (including phenoxy) is 2. The fourth-order valence-electron chi connectivity index (χ4n) is 1.96. The standard InChI is InChI=1S/C17H28ClNO2/c1-6-9-19-13(2)15-12-14(18)7-8-16(15)20-10-11-21-17(3,4)5/h7-8,12-13,19H,6,9-11H2,1-5H3. The van der Waals surface area contributed by atoms with Crippen LogP contribution in [-0.2, 0) is 4.74 Å². The first-order valence-electron chi connectivity index (χ1n) is 7.63. The normalized spacial score (nSPS) is 13.2. The van der Waals surface area contributed by atoms with Gasteiger partial charge in [-0.1, -0.05) is 18.5 Å². The SMILES string of the molecule is CCCNC(C)c1cc(Cl)ccc1OCCOC(C)(C)C. The predicted molar refractivity (Wildman–Crippen MR) is 89.4 cm³/mol. The summed E-state index contributed by atoms with van der Waals surface area (Å²) in [6.07, 6.45) is 1.10. The van der Waals surface area contributed by atoms with Crippen LogP contribution in [-0.4, -0.2) is 25.4 Å². The smallest absolute Gasteiger partial charge is 0.124 e. The van der Waals surface area contributed by atoms with E-state index < -0.39 is 0 Å². The molecule has 1 aromatic carbocycles. The summed E-state index contributed by atoms with van der Waals surface area (Å²) < 4.78 is 11.5. The van der Waals surface area contributed by atoms with Crippen molar-refractivity contribution < 1.29 is 9.47 Å². The van der Waals surface area contributed by atoms with Crippen molar-refractivity contribution in [1.82, 2.24) is 5.32 Å². The van der Waals surface area contributed by atoms with Gasteiger partial charge < -0.3 is 14.8 Å². The first kappa shape index (κ1) is 18.3. The molecule has 1 unspecified atom stereocenters. The summed E-state index contributed by atoms with van der Waals surface area (Å²) in [5.41, 5.74) is 0.953. The highest BCUT2D eigenvalue weighted by molar-refractivity contribution is 6.30. The Balaban J connectivity index is 2.64. The van der Waals surface area contributed by atoms with Crippen LogP contribution in [0.4, 0.5) is 0 Å². The monoisotopic (exact) mass is 313 g/mol. The molecular formula is C17H28ClNO2. The van der Waals surface area contributed by atoms with E-state index in [2.05, 4.69) is 19.2 Å². The van der Waals surface area contributed by atoms with Crippen molar-refractivity contribution in [3.05, 3.63) is 28.8 Å². The predicted octanol–water partition coefficient (Wildman–Crippen LogP) is 4.59. The Morgan fingerprint density at radius 2 is 1.95 bits per heavy atom. The molecule has 0 heterocycles. The molecule has 0 aliphatic heterocycles. The minimum Gasteiger partial charge on any atom is -0.491 e. The topological polar surface area (TPSA) is 30.5 Å². The summed E-state index contributed by atoms with van der Waals surface area (Å²) in [6, 6.07) is 5.97. The van der Waals surface area contributed by atoms with Gasteiger partial charge >= 0.3 is 0 Å². The van der Waals surface area contributed by atoms with Crippen LogP contribution in [0, 0.1) is 0 Å². The van der Waals surface area contributed by atoms with Gasteiger partial charge in [0.2, 0.25) is 0 Å². The molecule has 0 amide bonds. The third-order valence-electron chi connectivity index (χ3n) is 3.01. The lowest BCUT2D eigenvalue weighted by atomic mass is 10.1. The van der Waals surface area contributed by atoms with Crippen molar-refractivity contribution in [1.29, 1.82) is 0 Å². The molecular weight excluding hydrogens is 286 g/mol. The van der Waals surface area contributed by atoms with Gasteiger partial charge in [-0.25, -0.2) is 0 Å². The van der Waals surface area contributed by atoms with E-state index in [0.717, 1.165) is 29.3 Å². The van der Waals surface area contributed by atoms with Gasteiger partial charge in [0.05, 0.1) is 12.2 Å². The number of rotatable bonds is 8. The zero-order chi connectivity index (χ0) is 15.9. The van der Waals surface area contributed by atoms with Gasteiger partial charge in [-0.3, -0.25) is 0 Å². The minimum atomic E-state index is -0.137. The zero-order valence-corrected chi connectivity index (χ0v) is 14.6. The van der Waals surface area contributed by atoms with Crippen LogP contribution in [0.3, 0.4) is 0 Å². The average molecular weight is 314 g/mol. The molecule has 0 saturated carbocycles. The van der Waals surface area contributed by atoms with E-state index in [1.54, 1.807) is 0 Å². The van der Waals surface area contributed by atoms with Gasteiger partial charge in [-0.05, 0) is 58.9 Å². The third-order valence-corrected chi connectivity index (χ3v) is 3.25. The van der Waals surface area contributed by atoms with Gasteiger partial charge in [0.15, 0.2) is 0 Å². The first-order chi connectivity index (χ1) is 9.83. The van der Waals surface area contributed by atoms with Crippen molar-refractivity contribution in [3.63, 3.8) is 0 Å². The fraction of sp³-hybridized carbons (Fsp3) is 0.647. The number of hydrogen-bond acceptors (Lipinski definition) is 3. The number of halogens is 1. The molecule has 0 bridgehead atoms. The second kappa shape index (κ2) is 8.62. The van der Waals surface area contributed by atoms with E-state index in [4.69, 9.17) is 21.1 Å². The molecule has 120 valence electrons. The third kappa shape index (κ3) is 7.16. The molecule has 0 aliphatic carbocycles. The summed E-state index contributed by atoms with van der Waals surface area (Å²) >= 11 is 6.11. The molecule has 1 N–H and O–H groups in total. The number of nitrogens with one attached hydrogen (secondary N) is 1. The van der Waals surface area contributed by atoms with Crippen LogP contribution >= 0.6 is 11.6 Å². The highest BCUT2D eigenvalue weighted by atomic mass is 35.5. The Kier molecular flexibility index (Phi) is 7.50. The van der Waals surface area contributed by atoms with E-state index in [1.807, 2.05) is 39.0 Å². The zero-order valence-electron chi connectivity index (χ0n) is 13.8. The molecule has 0 saturated heterocycles. The van der Waals surface area contributed by atoms with Gasteiger partial charge in [-0.2, -0.15) is 0 Å². The maximum absolute atomic E-state index is 6.11. The Labute approximate surface area is 134 Å². The molecule has 1 rings (SSSR count). The summed E-state index contributed by atoms with van der Waals surface area (Å²) in [5.74, 6) is 0.869. The Morgan fingerprint density at radius 1 is 1.24 bits per heavy atom. The molecule has 3 nitrogen and oxygen atoms in total. The highest BCUT2D eigenvalue weighted by Gasteiger charge is 2.13.